The number of carbonyl (C=O) groups is 1. The Hall–Kier alpha value is -2.50. The van der Waals surface area contributed by atoms with Crippen LogP contribution in [0.4, 0.5) is 18.9 Å². The second-order valence-electron chi connectivity index (χ2n) is 8.07. The summed E-state index contributed by atoms with van der Waals surface area (Å²) in [6.45, 7) is 6.94. The van der Waals surface area contributed by atoms with Gasteiger partial charge >= 0.3 is 12.1 Å². The third kappa shape index (κ3) is 4.32. The van der Waals surface area contributed by atoms with Crippen LogP contribution < -0.4 is 5.32 Å². The molecule has 28 heavy (non-hydrogen) atoms. The molecule has 2 aromatic carbocycles. The highest BCUT2D eigenvalue weighted by Gasteiger charge is 2.36. The molecule has 1 aliphatic heterocycles. The van der Waals surface area contributed by atoms with Crippen LogP contribution in [-0.2, 0) is 29.4 Å². The Morgan fingerprint density at radius 2 is 1.75 bits per heavy atom. The van der Waals surface area contributed by atoms with Crippen molar-refractivity contribution in [3.8, 4) is 0 Å². The first kappa shape index (κ1) is 20.2. The van der Waals surface area contributed by atoms with E-state index in [0.29, 0.717) is 13.0 Å². The van der Waals surface area contributed by atoms with Gasteiger partial charge < -0.3 is 10.1 Å². The highest BCUT2D eigenvalue weighted by Crippen LogP contribution is 2.39. The fourth-order valence-electron chi connectivity index (χ4n) is 3.35. The fraction of sp³-hybridized carbons (Fsp3) is 0.409. The summed E-state index contributed by atoms with van der Waals surface area (Å²) in [4.78, 5) is 12.5. The zero-order valence-corrected chi connectivity index (χ0v) is 16.2. The number of hydrogen-bond acceptors (Lipinski definition) is 3. The molecule has 2 aromatic rings. The van der Waals surface area contributed by atoms with Crippen LogP contribution in [0.15, 0.2) is 36.4 Å². The molecule has 3 nitrogen and oxygen atoms in total. The average Bonchev–Trinajstić information content (AvgIpc) is 2.64. The van der Waals surface area contributed by atoms with Gasteiger partial charge in [0, 0.05) is 6.54 Å². The van der Waals surface area contributed by atoms with Gasteiger partial charge in [-0.3, -0.25) is 0 Å². The predicted molar refractivity (Wildman–Crippen MR) is 103 cm³/mol. The van der Waals surface area contributed by atoms with Gasteiger partial charge in [0.2, 0.25) is 0 Å². The number of carbonyl (C=O) groups excluding carboxylic acids is 1. The van der Waals surface area contributed by atoms with E-state index in [-0.39, 0.29) is 35.3 Å². The van der Waals surface area contributed by atoms with Crippen LogP contribution in [0.3, 0.4) is 0 Å². The predicted octanol–water partition coefficient (Wildman–Crippen LogP) is 5.72. The number of nitrogens with one attached hydrogen (secondary N) is 1. The van der Waals surface area contributed by atoms with Crippen LogP contribution in [-0.4, -0.2) is 12.5 Å². The van der Waals surface area contributed by atoms with Crippen molar-refractivity contribution >= 4 is 11.7 Å². The van der Waals surface area contributed by atoms with Gasteiger partial charge in [-0.05, 0) is 47.1 Å². The molecule has 1 heterocycles. The lowest BCUT2D eigenvalue weighted by atomic mass is 9.87. The Morgan fingerprint density at radius 3 is 2.36 bits per heavy atom. The molecule has 1 N–H and O–H groups in total. The van der Waals surface area contributed by atoms with Crippen LogP contribution >= 0.6 is 0 Å². The van der Waals surface area contributed by atoms with E-state index in [0.717, 1.165) is 11.6 Å². The van der Waals surface area contributed by atoms with Crippen molar-refractivity contribution in [2.24, 2.45) is 0 Å². The molecule has 0 amide bonds. The number of ether oxygens (including phenoxy) is 1. The van der Waals surface area contributed by atoms with Crippen LogP contribution in [0, 0.1) is 0 Å². The Morgan fingerprint density at radius 1 is 1.07 bits per heavy atom. The number of anilines is 1. The molecule has 6 heteroatoms. The van der Waals surface area contributed by atoms with E-state index in [1.54, 1.807) is 0 Å². The lowest BCUT2D eigenvalue weighted by Gasteiger charge is -2.24. The van der Waals surface area contributed by atoms with Crippen molar-refractivity contribution in [1.29, 1.82) is 0 Å². The van der Waals surface area contributed by atoms with Gasteiger partial charge in [0.15, 0.2) is 0 Å². The molecule has 0 aliphatic carbocycles. The minimum atomic E-state index is -4.44. The molecule has 3 rings (SSSR count). The van der Waals surface area contributed by atoms with Crippen molar-refractivity contribution in [2.75, 3.05) is 11.9 Å². The zero-order valence-electron chi connectivity index (χ0n) is 16.2. The summed E-state index contributed by atoms with van der Waals surface area (Å²) in [6, 6.07) is 9.95. The first-order chi connectivity index (χ1) is 13.1. The van der Waals surface area contributed by atoms with Crippen molar-refractivity contribution in [1.82, 2.24) is 0 Å². The third-order valence-electron chi connectivity index (χ3n) is 4.93. The largest absolute Gasteiger partial charge is 0.457 e. The van der Waals surface area contributed by atoms with E-state index >= 15 is 0 Å². The van der Waals surface area contributed by atoms with Gasteiger partial charge in [0.1, 0.15) is 6.61 Å². The Kier molecular flexibility index (Phi) is 5.41. The van der Waals surface area contributed by atoms with E-state index < -0.39 is 17.7 Å². The molecule has 0 unspecified atom stereocenters. The van der Waals surface area contributed by atoms with Crippen LogP contribution in [0.25, 0.3) is 0 Å². The Bertz CT molecular complexity index is 865. The number of hydrogen-bond donors (Lipinski definition) is 1. The second kappa shape index (κ2) is 7.49. The van der Waals surface area contributed by atoms with Gasteiger partial charge in [-0.1, -0.05) is 45.0 Å². The smallest absolute Gasteiger partial charge is 0.416 e. The van der Waals surface area contributed by atoms with Gasteiger partial charge in [0.25, 0.3) is 0 Å². The third-order valence-corrected chi connectivity index (χ3v) is 4.93. The van der Waals surface area contributed by atoms with Gasteiger partial charge in [0.05, 0.1) is 16.8 Å². The lowest BCUT2D eigenvalue weighted by Crippen LogP contribution is -2.21. The molecule has 0 saturated heterocycles. The molecule has 0 saturated carbocycles. The normalized spacial score (nSPS) is 14.2. The maximum absolute atomic E-state index is 13.3. The second-order valence-corrected chi connectivity index (χ2v) is 8.07. The van der Waals surface area contributed by atoms with Crippen molar-refractivity contribution in [3.63, 3.8) is 0 Å². The van der Waals surface area contributed by atoms with Gasteiger partial charge in [-0.25, -0.2) is 4.79 Å². The zero-order chi connectivity index (χ0) is 20.5. The maximum Gasteiger partial charge on any atom is 0.416 e. The van der Waals surface area contributed by atoms with Crippen LogP contribution in [0.5, 0.6) is 0 Å². The highest BCUT2D eigenvalue weighted by molar-refractivity contribution is 5.97. The van der Waals surface area contributed by atoms with Gasteiger partial charge in [-0.15, -0.1) is 0 Å². The van der Waals surface area contributed by atoms with Crippen molar-refractivity contribution in [3.05, 3.63) is 64.2 Å². The maximum atomic E-state index is 13.3. The minimum Gasteiger partial charge on any atom is -0.457 e. The topological polar surface area (TPSA) is 38.3 Å². The summed E-state index contributed by atoms with van der Waals surface area (Å²) in [5, 5.41) is 2.95. The van der Waals surface area contributed by atoms with Crippen molar-refractivity contribution in [2.45, 2.75) is 51.8 Å². The molecule has 0 aromatic heterocycles. The number of benzene rings is 2. The summed E-state index contributed by atoms with van der Waals surface area (Å²) in [6.07, 6.45) is -3.57. The number of alkyl halides is 3. The Labute approximate surface area is 162 Å². The molecule has 0 bridgehead atoms. The molecule has 150 valence electrons. The number of esters is 1. The van der Waals surface area contributed by atoms with Crippen LogP contribution in [0.2, 0.25) is 0 Å². The Balaban J connectivity index is 1.78. The van der Waals surface area contributed by atoms with Crippen molar-refractivity contribution < 1.29 is 22.7 Å². The summed E-state index contributed by atoms with van der Waals surface area (Å²) in [5.74, 6) is -0.626. The summed E-state index contributed by atoms with van der Waals surface area (Å²) >= 11 is 0. The van der Waals surface area contributed by atoms with E-state index in [4.69, 9.17) is 4.74 Å². The molecular weight excluding hydrogens is 367 g/mol. The molecular formula is C22H24F3NO2. The average molecular weight is 391 g/mol. The lowest BCUT2D eigenvalue weighted by molar-refractivity contribution is -0.138. The molecule has 0 radical (unpaired) electrons. The number of rotatable bonds is 3. The first-order valence-corrected chi connectivity index (χ1v) is 9.31. The SMILES string of the molecule is CC(C)(C)c1ccc(COC(=O)c2ccc(C(F)(F)F)c3c2NCCC3)cc1. The molecule has 0 spiro atoms. The quantitative estimate of drug-likeness (QED) is 0.680. The summed E-state index contributed by atoms with van der Waals surface area (Å²) in [5.41, 5.74) is 1.87. The molecule has 0 atom stereocenters. The minimum absolute atomic E-state index is 0.0279. The monoisotopic (exact) mass is 391 g/mol. The highest BCUT2D eigenvalue weighted by atomic mass is 19.4. The van der Waals surface area contributed by atoms with E-state index in [1.807, 2.05) is 24.3 Å². The van der Waals surface area contributed by atoms with Gasteiger partial charge in [-0.2, -0.15) is 13.2 Å². The molecule has 0 fully saturated rings. The standard InChI is InChI=1S/C22H24F3NO2/c1-21(2,3)15-8-6-14(7-9-15)13-28-20(27)17-10-11-18(22(23,24)25)16-5-4-12-26-19(16)17/h6-11,26H,4-5,12-13H2,1-3H3. The molecule has 1 aliphatic rings. The van der Waals surface area contributed by atoms with E-state index in [2.05, 4.69) is 26.1 Å². The van der Waals surface area contributed by atoms with Crippen LogP contribution in [0.1, 0.15) is 59.8 Å². The number of fused-ring (bicyclic) bond motifs is 1. The summed E-state index contributed by atoms with van der Waals surface area (Å²) in [7, 11) is 0. The van der Waals surface area contributed by atoms with E-state index in [1.165, 1.54) is 11.6 Å². The van der Waals surface area contributed by atoms with E-state index in [9.17, 15) is 18.0 Å². The summed E-state index contributed by atoms with van der Waals surface area (Å²) < 4.78 is 45.1. The number of halogens is 3. The fourth-order valence-corrected chi connectivity index (χ4v) is 3.35. The first-order valence-electron chi connectivity index (χ1n) is 9.31.